The van der Waals surface area contributed by atoms with Crippen LogP contribution in [0.5, 0.6) is 5.75 Å². The van der Waals surface area contributed by atoms with Crippen LogP contribution in [0.4, 0.5) is 15.9 Å². The smallest absolute Gasteiger partial charge is 0.248 e. The average molecular weight is 488 g/mol. The number of rotatable bonds is 7. The molecule has 5 aromatic rings. The number of benzene rings is 2. The van der Waals surface area contributed by atoms with Gasteiger partial charge in [0.05, 0.1) is 28.3 Å². The second-order valence-electron chi connectivity index (χ2n) is 9.02. The van der Waals surface area contributed by atoms with Crippen LogP contribution in [-0.2, 0) is 7.05 Å². The molecule has 184 valence electrons. The van der Waals surface area contributed by atoms with Gasteiger partial charge in [0.2, 0.25) is 5.56 Å². The zero-order valence-corrected chi connectivity index (χ0v) is 20.4. The summed E-state index contributed by atoms with van der Waals surface area (Å²) in [4.78, 5) is 25.2. The minimum absolute atomic E-state index is 0.130. The summed E-state index contributed by atoms with van der Waals surface area (Å²) in [5.74, 6) is 0.493. The lowest BCUT2D eigenvalue weighted by molar-refractivity contribution is 0.179. The maximum Gasteiger partial charge on any atom is 0.248 e. The van der Waals surface area contributed by atoms with Gasteiger partial charge in [0, 0.05) is 36.8 Å². The summed E-state index contributed by atoms with van der Waals surface area (Å²) in [7, 11) is 5.82. The highest BCUT2D eigenvalue weighted by Crippen LogP contribution is 2.37. The average Bonchev–Trinajstić information content (AvgIpc) is 3.26. The molecule has 0 aliphatic carbocycles. The van der Waals surface area contributed by atoms with Crippen molar-refractivity contribution in [2.75, 3.05) is 26.0 Å². The molecule has 0 amide bonds. The van der Waals surface area contributed by atoms with Gasteiger partial charge in [0.1, 0.15) is 24.0 Å². The van der Waals surface area contributed by atoms with Crippen LogP contribution < -0.4 is 15.6 Å². The summed E-state index contributed by atoms with van der Waals surface area (Å²) < 4.78 is 23.5. The van der Waals surface area contributed by atoms with Crippen molar-refractivity contribution in [3.05, 3.63) is 71.3 Å². The zero-order valence-electron chi connectivity index (χ0n) is 20.4. The largest absolute Gasteiger partial charge is 0.489 e. The number of aromatic amines is 1. The fourth-order valence-electron chi connectivity index (χ4n) is 4.27. The van der Waals surface area contributed by atoms with Crippen LogP contribution in [0.1, 0.15) is 6.92 Å². The molecule has 1 unspecified atom stereocenters. The number of nitrogens with one attached hydrogen (secondary N) is 2. The number of nitrogens with zero attached hydrogens (tertiary/aromatic N) is 5. The van der Waals surface area contributed by atoms with E-state index in [0.717, 1.165) is 11.1 Å². The lowest BCUT2D eigenvalue weighted by Crippen LogP contribution is -2.28. The first-order valence-corrected chi connectivity index (χ1v) is 11.5. The normalized spacial score (nSPS) is 12.4. The van der Waals surface area contributed by atoms with Crippen molar-refractivity contribution < 1.29 is 9.13 Å². The van der Waals surface area contributed by atoms with E-state index in [-0.39, 0.29) is 17.4 Å². The van der Waals surface area contributed by atoms with Gasteiger partial charge >= 0.3 is 0 Å². The summed E-state index contributed by atoms with van der Waals surface area (Å²) in [5, 5.41) is 8.33. The van der Waals surface area contributed by atoms with Crippen LogP contribution in [0.15, 0.2) is 59.9 Å². The van der Waals surface area contributed by atoms with E-state index in [2.05, 4.69) is 25.4 Å². The first kappa shape index (κ1) is 23.4. The number of fused-ring (bicyclic) bond motifs is 2. The molecule has 0 aliphatic heterocycles. The van der Waals surface area contributed by atoms with E-state index < -0.39 is 5.82 Å². The van der Waals surface area contributed by atoms with E-state index in [4.69, 9.17) is 4.74 Å². The SMILES string of the molecule is CC(CN(C)C)Oc1cc(-c2cnn(C)c2)cc2ncnc(Nc3ccc4[nH]c(=O)ccc4c3F)c12. The van der Waals surface area contributed by atoms with Crippen LogP contribution in [0.25, 0.3) is 32.9 Å². The predicted octanol–water partition coefficient (Wildman–Crippen LogP) is 4.08. The van der Waals surface area contributed by atoms with Crippen molar-refractivity contribution in [3.8, 4) is 16.9 Å². The number of halogens is 1. The van der Waals surface area contributed by atoms with Crippen LogP contribution in [0.3, 0.4) is 0 Å². The third kappa shape index (κ3) is 4.63. The Kier molecular flexibility index (Phi) is 6.11. The third-order valence-corrected chi connectivity index (χ3v) is 5.78. The Morgan fingerprint density at radius 1 is 1.17 bits per heavy atom. The van der Waals surface area contributed by atoms with E-state index in [1.165, 1.54) is 18.5 Å². The Labute approximate surface area is 206 Å². The van der Waals surface area contributed by atoms with Gasteiger partial charge in [-0.1, -0.05) is 0 Å². The number of aromatic nitrogens is 5. The molecule has 0 fully saturated rings. The third-order valence-electron chi connectivity index (χ3n) is 5.78. The second kappa shape index (κ2) is 9.38. The molecule has 2 N–H and O–H groups in total. The molecule has 0 bridgehead atoms. The molecule has 0 saturated heterocycles. The summed E-state index contributed by atoms with van der Waals surface area (Å²) in [6.07, 6.45) is 5.00. The second-order valence-corrected chi connectivity index (χ2v) is 9.02. The van der Waals surface area contributed by atoms with Gasteiger partial charge in [-0.15, -0.1) is 0 Å². The Bertz CT molecular complexity index is 1630. The number of anilines is 2. The van der Waals surface area contributed by atoms with Crippen molar-refractivity contribution >= 4 is 33.3 Å². The van der Waals surface area contributed by atoms with E-state index in [0.29, 0.717) is 39.9 Å². The van der Waals surface area contributed by atoms with Gasteiger partial charge in [-0.05, 0) is 56.9 Å². The fraction of sp³-hybridized carbons (Fsp3) is 0.231. The van der Waals surface area contributed by atoms with Gasteiger partial charge in [0.15, 0.2) is 5.82 Å². The van der Waals surface area contributed by atoms with Crippen LogP contribution in [0, 0.1) is 5.82 Å². The molecular weight excluding hydrogens is 461 g/mol. The molecule has 9 nitrogen and oxygen atoms in total. The number of hydrogen-bond donors (Lipinski definition) is 2. The highest BCUT2D eigenvalue weighted by atomic mass is 19.1. The molecule has 0 aliphatic rings. The molecule has 1 atom stereocenters. The van der Waals surface area contributed by atoms with E-state index in [1.54, 1.807) is 23.0 Å². The lowest BCUT2D eigenvalue weighted by Gasteiger charge is -2.21. The molecule has 0 radical (unpaired) electrons. The molecule has 0 saturated carbocycles. The van der Waals surface area contributed by atoms with Gasteiger partial charge in [-0.3, -0.25) is 9.48 Å². The first-order chi connectivity index (χ1) is 17.3. The minimum atomic E-state index is -0.495. The maximum absolute atomic E-state index is 15.4. The predicted molar refractivity (Wildman–Crippen MR) is 138 cm³/mol. The van der Waals surface area contributed by atoms with Gasteiger partial charge < -0.3 is 19.9 Å². The molecule has 0 spiro atoms. The van der Waals surface area contributed by atoms with Crippen LogP contribution >= 0.6 is 0 Å². The standard InChI is InChI=1S/C26H26FN7O2/c1-15(12-33(2)3)36-22-10-16(17-11-30-34(4)13-17)9-21-24(22)26(29-14-28-21)32-20-7-6-19-18(25(20)27)5-8-23(35)31-19/h5-11,13-15H,12H2,1-4H3,(H,31,35)(H,28,29,32). The van der Waals surface area contributed by atoms with Crippen molar-refractivity contribution in [3.63, 3.8) is 0 Å². The number of ether oxygens (including phenoxy) is 1. The Hall–Kier alpha value is -4.31. The molecule has 5 rings (SSSR count). The van der Waals surface area contributed by atoms with E-state index in [1.807, 2.05) is 51.3 Å². The van der Waals surface area contributed by atoms with Crippen molar-refractivity contribution in [2.24, 2.45) is 7.05 Å². The van der Waals surface area contributed by atoms with Crippen LogP contribution in [0.2, 0.25) is 0 Å². The summed E-state index contributed by atoms with van der Waals surface area (Å²) in [6, 6.07) is 9.85. The Morgan fingerprint density at radius 2 is 2.00 bits per heavy atom. The molecular formula is C26H26FN7O2. The zero-order chi connectivity index (χ0) is 25.4. The number of pyridine rings is 1. The summed E-state index contributed by atoms with van der Waals surface area (Å²) in [5.41, 5.74) is 2.81. The lowest BCUT2D eigenvalue weighted by atomic mass is 10.1. The minimum Gasteiger partial charge on any atom is -0.489 e. The quantitative estimate of drug-likeness (QED) is 0.357. The Balaban J connectivity index is 1.63. The topological polar surface area (TPSA) is 101 Å². The first-order valence-electron chi connectivity index (χ1n) is 11.5. The Morgan fingerprint density at radius 3 is 2.75 bits per heavy atom. The molecule has 3 aromatic heterocycles. The maximum atomic E-state index is 15.4. The number of H-pyrrole nitrogens is 1. The molecule has 10 heteroatoms. The van der Waals surface area contributed by atoms with Crippen LogP contribution in [-0.4, -0.2) is 56.4 Å². The summed E-state index contributed by atoms with van der Waals surface area (Å²) >= 11 is 0. The molecule has 36 heavy (non-hydrogen) atoms. The molecule has 2 aromatic carbocycles. The number of aryl methyl sites for hydroxylation is 1. The van der Waals surface area contributed by atoms with Gasteiger partial charge in [-0.2, -0.15) is 5.10 Å². The van der Waals surface area contributed by atoms with Gasteiger partial charge in [-0.25, -0.2) is 14.4 Å². The monoisotopic (exact) mass is 487 g/mol. The van der Waals surface area contributed by atoms with E-state index >= 15 is 4.39 Å². The number of hydrogen-bond acceptors (Lipinski definition) is 7. The number of likely N-dealkylation sites (N-methyl/N-ethyl adjacent to an activating group) is 1. The highest BCUT2D eigenvalue weighted by Gasteiger charge is 2.18. The van der Waals surface area contributed by atoms with Crippen molar-refractivity contribution in [1.29, 1.82) is 0 Å². The van der Waals surface area contributed by atoms with Crippen molar-refractivity contribution in [2.45, 2.75) is 13.0 Å². The molecule has 3 heterocycles. The summed E-state index contributed by atoms with van der Waals surface area (Å²) in [6.45, 7) is 2.69. The van der Waals surface area contributed by atoms with Gasteiger partial charge in [0.25, 0.3) is 0 Å². The van der Waals surface area contributed by atoms with E-state index in [9.17, 15) is 4.79 Å². The van der Waals surface area contributed by atoms with Crippen molar-refractivity contribution in [1.82, 2.24) is 29.6 Å². The fourth-order valence-corrected chi connectivity index (χ4v) is 4.27. The highest BCUT2D eigenvalue weighted by molar-refractivity contribution is 5.99.